The maximum atomic E-state index is 13.1. The van der Waals surface area contributed by atoms with Gasteiger partial charge in [-0.3, -0.25) is 19.5 Å². The highest BCUT2D eigenvalue weighted by Crippen LogP contribution is 2.24. The van der Waals surface area contributed by atoms with E-state index in [9.17, 15) is 14.9 Å². The van der Waals surface area contributed by atoms with E-state index in [0.29, 0.717) is 5.52 Å². The number of non-ortho nitro benzene ring substituents is 1. The number of nitrogens with zero attached hydrogens (tertiary/aromatic N) is 3. The number of aromatic nitrogens is 2. The zero-order chi connectivity index (χ0) is 18.1. The van der Waals surface area contributed by atoms with E-state index in [1.165, 1.54) is 18.2 Å². The molecule has 3 aromatic carbocycles. The first-order valence-corrected chi connectivity index (χ1v) is 7.97. The fourth-order valence-corrected chi connectivity index (χ4v) is 2.91. The van der Waals surface area contributed by atoms with Crippen LogP contribution in [0.4, 0.5) is 5.69 Å². The van der Waals surface area contributed by atoms with Gasteiger partial charge in [-0.05, 0) is 24.3 Å². The van der Waals surface area contributed by atoms with Crippen molar-refractivity contribution in [1.29, 1.82) is 0 Å². The van der Waals surface area contributed by atoms with Gasteiger partial charge in [0.15, 0.2) is 5.82 Å². The second-order valence-electron chi connectivity index (χ2n) is 5.73. The lowest BCUT2D eigenvalue weighted by molar-refractivity contribution is -0.384. The van der Waals surface area contributed by atoms with Crippen LogP contribution in [-0.4, -0.2) is 20.3 Å². The highest BCUT2D eigenvalue weighted by molar-refractivity contribution is 6.09. The molecule has 0 bridgehead atoms. The lowest BCUT2D eigenvalue weighted by Crippen LogP contribution is -2.10. The van der Waals surface area contributed by atoms with Crippen molar-refractivity contribution in [3.05, 3.63) is 100 Å². The van der Waals surface area contributed by atoms with Gasteiger partial charge in [-0.25, -0.2) is 4.98 Å². The average Bonchev–Trinajstić information content (AvgIpc) is 3.07. The minimum Gasteiger partial charge on any atom is -0.290 e. The lowest BCUT2D eigenvalue weighted by Gasteiger charge is -2.08. The van der Waals surface area contributed by atoms with Crippen molar-refractivity contribution in [3.63, 3.8) is 0 Å². The van der Waals surface area contributed by atoms with Gasteiger partial charge in [0.2, 0.25) is 5.78 Å². The number of para-hydroxylation sites is 3. The number of carbonyl (C=O) groups is 1. The fourth-order valence-electron chi connectivity index (χ4n) is 2.91. The molecule has 6 nitrogen and oxygen atoms in total. The molecule has 0 spiro atoms. The van der Waals surface area contributed by atoms with Crippen LogP contribution < -0.4 is 0 Å². The van der Waals surface area contributed by atoms with Gasteiger partial charge >= 0.3 is 0 Å². The molecule has 4 rings (SSSR count). The van der Waals surface area contributed by atoms with E-state index in [-0.39, 0.29) is 22.9 Å². The Hall–Kier alpha value is -3.80. The summed E-state index contributed by atoms with van der Waals surface area (Å²) in [7, 11) is 0. The Kier molecular flexibility index (Phi) is 3.78. The van der Waals surface area contributed by atoms with E-state index in [4.69, 9.17) is 0 Å². The van der Waals surface area contributed by atoms with Gasteiger partial charge in [0.25, 0.3) is 5.69 Å². The first-order valence-electron chi connectivity index (χ1n) is 7.97. The number of imidazole rings is 1. The molecule has 0 aliphatic heterocycles. The number of benzene rings is 3. The predicted molar refractivity (Wildman–Crippen MR) is 97.6 cm³/mol. The molecule has 0 aliphatic carbocycles. The molecule has 0 radical (unpaired) electrons. The van der Waals surface area contributed by atoms with Gasteiger partial charge < -0.3 is 0 Å². The Labute approximate surface area is 148 Å². The van der Waals surface area contributed by atoms with Crippen LogP contribution in [0.3, 0.4) is 0 Å². The summed E-state index contributed by atoms with van der Waals surface area (Å²) >= 11 is 0. The van der Waals surface area contributed by atoms with Crippen LogP contribution in [0.15, 0.2) is 78.9 Å². The number of rotatable bonds is 4. The third-order valence-corrected chi connectivity index (χ3v) is 4.10. The summed E-state index contributed by atoms with van der Waals surface area (Å²) in [5, 5.41) is 11.0. The van der Waals surface area contributed by atoms with Crippen LogP contribution in [0, 0.1) is 10.1 Å². The van der Waals surface area contributed by atoms with Crippen molar-refractivity contribution in [2.45, 2.75) is 0 Å². The molecule has 1 aromatic heterocycles. The van der Waals surface area contributed by atoms with Crippen LogP contribution in [0.5, 0.6) is 0 Å². The van der Waals surface area contributed by atoms with Crippen molar-refractivity contribution < 1.29 is 9.72 Å². The molecular weight excluding hydrogens is 330 g/mol. The summed E-state index contributed by atoms with van der Waals surface area (Å²) in [5.41, 5.74) is 2.39. The van der Waals surface area contributed by atoms with Crippen molar-refractivity contribution in [3.8, 4) is 5.69 Å². The zero-order valence-corrected chi connectivity index (χ0v) is 13.6. The highest BCUT2D eigenvalue weighted by Gasteiger charge is 2.21. The third-order valence-electron chi connectivity index (χ3n) is 4.10. The molecule has 0 aliphatic rings. The Balaban J connectivity index is 1.93. The number of carbonyl (C=O) groups excluding carboxylic acids is 1. The van der Waals surface area contributed by atoms with E-state index in [0.717, 1.165) is 11.2 Å². The molecule has 0 amide bonds. The van der Waals surface area contributed by atoms with Gasteiger partial charge in [-0.15, -0.1) is 0 Å². The summed E-state index contributed by atoms with van der Waals surface area (Å²) < 4.78 is 1.77. The Morgan fingerprint density at radius 1 is 0.923 bits per heavy atom. The van der Waals surface area contributed by atoms with Gasteiger partial charge in [0, 0.05) is 23.4 Å². The maximum absolute atomic E-state index is 13.1. The maximum Gasteiger partial charge on any atom is 0.270 e. The van der Waals surface area contributed by atoms with Crippen molar-refractivity contribution >= 4 is 22.5 Å². The quantitative estimate of drug-likeness (QED) is 0.316. The summed E-state index contributed by atoms with van der Waals surface area (Å²) in [6.07, 6.45) is 0. The molecule has 0 atom stereocenters. The number of ketones is 1. The molecule has 0 fully saturated rings. The fraction of sp³-hybridized carbons (Fsp3) is 0. The first-order chi connectivity index (χ1) is 12.6. The number of fused-ring (bicyclic) bond motifs is 1. The third kappa shape index (κ3) is 2.63. The predicted octanol–water partition coefficient (Wildman–Crippen LogP) is 4.16. The summed E-state index contributed by atoms with van der Waals surface area (Å²) in [5.74, 6) is -0.147. The second-order valence-corrected chi connectivity index (χ2v) is 5.73. The van der Waals surface area contributed by atoms with Crippen LogP contribution in [-0.2, 0) is 0 Å². The standard InChI is InChI=1S/C20H13N3O3/c24-19(14-7-6-10-16(13-14)23(25)26)20-21-17-11-4-5-12-18(17)22(20)15-8-2-1-3-9-15/h1-13H. The second kappa shape index (κ2) is 6.25. The van der Waals surface area contributed by atoms with Gasteiger partial charge in [-0.1, -0.05) is 42.5 Å². The smallest absolute Gasteiger partial charge is 0.270 e. The van der Waals surface area contributed by atoms with Crippen LogP contribution >= 0.6 is 0 Å². The van der Waals surface area contributed by atoms with Crippen molar-refractivity contribution in [2.75, 3.05) is 0 Å². The van der Waals surface area contributed by atoms with E-state index >= 15 is 0 Å². The highest BCUT2D eigenvalue weighted by atomic mass is 16.6. The minimum absolute atomic E-state index is 0.127. The average molecular weight is 343 g/mol. The Bertz CT molecular complexity index is 1130. The Morgan fingerprint density at radius 3 is 2.42 bits per heavy atom. The molecular formula is C20H13N3O3. The first kappa shape index (κ1) is 15.7. The molecule has 0 saturated heterocycles. The number of nitro groups is 1. The van der Waals surface area contributed by atoms with Gasteiger partial charge in [-0.2, -0.15) is 0 Å². The van der Waals surface area contributed by atoms with Crippen LogP contribution in [0.2, 0.25) is 0 Å². The molecule has 1 heterocycles. The zero-order valence-electron chi connectivity index (χ0n) is 13.6. The van der Waals surface area contributed by atoms with Gasteiger partial charge in [0.1, 0.15) is 0 Å². The number of nitro benzene ring substituents is 1. The molecule has 4 aromatic rings. The van der Waals surface area contributed by atoms with Gasteiger partial charge in [0.05, 0.1) is 16.0 Å². The molecule has 26 heavy (non-hydrogen) atoms. The summed E-state index contributed by atoms with van der Waals surface area (Å²) in [4.78, 5) is 28.1. The lowest BCUT2D eigenvalue weighted by atomic mass is 10.1. The number of hydrogen-bond donors (Lipinski definition) is 0. The largest absolute Gasteiger partial charge is 0.290 e. The molecule has 6 heteroatoms. The molecule has 0 N–H and O–H groups in total. The number of hydrogen-bond acceptors (Lipinski definition) is 4. The van der Waals surface area contributed by atoms with Crippen LogP contribution in [0.25, 0.3) is 16.7 Å². The Morgan fingerprint density at radius 2 is 1.65 bits per heavy atom. The molecule has 126 valence electrons. The van der Waals surface area contributed by atoms with Crippen LogP contribution in [0.1, 0.15) is 16.2 Å². The van der Waals surface area contributed by atoms with E-state index in [1.807, 2.05) is 54.6 Å². The topological polar surface area (TPSA) is 78.0 Å². The van der Waals surface area contributed by atoms with E-state index < -0.39 is 4.92 Å². The van der Waals surface area contributed by atoms with Crippen molar-refractivity contribution in [2.24, 2.45) is 0 Å². The summed E-state index contributed by atoms with van der Waals surface area (Å²) in [6.45, 7) is 0. The molecule has 0 unspecified atom stereocenters. The molecule has 0 saturated carbocycles. The summed E-state index contributed by atoms with van der Waals surface area (Å²) in [6, 6.07) is 22.6. The normalized spacial score (nSPS) is 10.8. The monoisotopic (exact) mass is 343 g/mol. The minimum atomic E-state index is -0.517. The SMILES string of the molecule is O=C(c1cccc([N+](=O)[O-])c1)c1nc2ccccc2n1-c1ccccc1. The van der Waals surface area contributed by atoms with E-state index in [1.54, 1.807) is 10.6 Å². The van der Waals surface area contributed by atoms with E-state index in [2.05, 4.69) is 4.98 Å². The van der Waals surface area contributed by atoms with Crippen molar-refractivity contribution in [1.82, 2.24) is 9.55 Å².